The number of ether oxygens (including phenoxy) is 1. The average molecular weight is 431 g/mol. The van der Waals surface area contributed by atoms with Gasteiger partial charge in [0.05, 0.1) is 25.5 Å². The molecule has 1 amide bonds. The Labute approximate surface area is 179 Å². The van der Waals surface area contributed by atoms with E-state index in [-0.39, 0.29) is 11.9 Å². The Kier molecular flexibility index (Phi) is 6.35. The van der Waals surface area contributed by atoms with Gasteiger partial charge in [-0.2, -0.15) is 0 Å². The molecule has 0 spiro atoms. The zero-order valence-corrected chi connectivity index (χ0v) is 17.8. The van der Waals surface area contributed by atoms with Gasteiger partial charge >= 0.3 is 0 Å². The summed E-state index contributed by atoms with van der Waals surface area (Å²) in [5.74, 6) is 0.0643. The van der Waals surface area contributed by atoms with Gasteiger partial charge in [0.25, 0.3) is 5.91 Å². The summed E-state index contributed by atoms with van der Waals surface area (Å²) < 4.78 is 10.8. The first kappa shape index (κ1) is 20.2. The molecule has 1 atom stereocenters. The van der Waals surface area contributed by atoms with E-state index in [0.717, 1.165) is 35.6 Å². The third kappa shape index (κ3) is 4.56. The van der Waals surface area contributed by atoms with Crippen molar-refractivity contribution >= 4 is 33.8 Å². The molecule has 1 unspecified atom stereocenters. The highest BCUT2D eigenvalue weighted by atomic mass is 35.5. The Bertz CT molecular complexity index is 947. The van der Waals surface area contributed by atoms with Crippen molar-refractivity contribution in [2.45, 2.75) is 19.4 Å². The van der Waals surface area contributed by atoms with Gasteiger partial charge in [-0.1, -0.05) is 30.7 Å². The molecule has 3 heterocycles. The van der Waals surface area contributed by atoms with Gasteiger partial charge < -0.3 is 14.5 Å². The third-order valence-corrected chi connectivity index (χ3v) is 6.49. The molecule has 152 valence electrons. The molecule has 1 N–H and O–H groups in total. The highest BCUT2D eigenvalue weighted by molar-refractivity contribution is 7.16. The van der Waals surface area contributed by atoms with E-state index in [4.69, 9.17) is 20.8 Å². The van der Waals surface area contributed by atoms with Crippen LogP contribution < -0.4 is 5.32 Å². The van der Waals surface area contributed by atoms with Gasteiger partial charge in [-0.05, 0) is 42.3 Å². The molecule has 2 aromatic heterocycles. The van der Waals surface area contributed by atoms with Gasteiger partial charge in [-0.15, -0.1) is 11.3 Å². The van der Waals surface area contributed by atoms with Gasteiger partial charge in [0.15, 0.2) is 5.76 Å². The van der Waals surface area contributed by atoms with Crippen molar-refractivity contribution in [3.63, 3.8) is 0 Å². The lowest BCUT2D eigenvalue weighted by atomic mass is 9.97. The maximum absolute atomic E-state index is 12.7. The molecule has 1 aromatic carbocycles. The maximum Gasteiger partial charge on any atom is 0.291 e. The first-order chi connectivity index (χ1) is 14.2. The van der Waals surface area contributed by atoms with Gasteiger partial charge in [0.2, 0.25) is 0 Å². The van der Waals surface area contributed by atoms with E-state index in [1.165, 1.54) is 11.1 Å². The summed E-state index contributed by atoms with van der Waals surface area (Å²) in [6.07, 6.45) is 2.41. The molecule has 0 radical (unpaired) electrons. The summed E-state index contributed by atoms with van der Waals surface area (Å²) in [5.41, 5.74) is 2.24. The molecular weight excluding hydrogens is 408 g/mol. The number of aryl methyl sites for hydroxylation is 1. The van der Waals surface area contributed by atoms with Gasteiger partial charge in [0, 0.05) is 28.6 Å². The quantitative estimate of drug-likeness (QED) is 0.581. The Hall–Kier alpha value is -2.12. The normalized spacial score (nSPS) is 15.9. The van der Waals surface area contributed by atoms with Crippen LogP contribution in [0.4, 0.5) is 5.00 Å². The molecule has 0 aliphatic carbocycles. The van der Waals surface area contributed by atoms with Gasteiger partial charge in [0.1, 0.15) is 5.00 Å². The van der Waals surface area contributed by atoms with Crippen LogP contribution in [-0.2, 0) is 11.2 Å². The first-order valence-electron chi connectivity index (χ1n) is 9.70. The molecule has 1 saturated heterocycles. The molecule has 4 rings (SSSR count). The summed E-state index contributed by atoms with van der Waals surface area (Å²) in [7, 11) is 0. The summed E-state index contributed by atoms with van der Waals surface area (Å²) in [6, 6.07) is 13.6. The van der Waals surface area contributed by atoms with Crippen molar-refractivity contribution in [3.8, 4) is 0 Å². The molecule has 1 fully saturated rings. The van der Waals surface area contributed by atoms with E-state index in [1.54, 1.807) is 23.5 Å². The molecule has 3 aromatic rings. The van der Waals surface area contributed by atoms with E-state index in [2.05, 4.69) is 35.3 Å². The van der Waals surface area contributed by atoms with Gasteiger partial charge in [-0.3, -0.25) is 9.69 Å². The average Bonchev–Trinajstić information content (AvgIpc) is 3.41. The minimum absolute atomic E-state index is 0.0135. The van der Waals surface area contributed by atoms with Crippen LogP contribution in [0.3, 0.4) is 0 Å². The minimum Gasteiger partial charge on any atom is -0.459 e. The van der Waals surface area contributed by atoms with Crippen LogP contribution in [0.25, 0.3) is 0 Å². The molecule has 0 saturated carbocycles. The van der Waals surface area contributed by atoms with Crippen LogP contribution in [0.5, 0.6) is 0 Å². The summed E-state index contributed by atoms with van der Waals surface area (Å²) >= 11 is 7.75. The van der Waals surface area contributed by atoms with E-state index in [0.29, 0.717) is 24.0 Å². The number of hydrogen-bond acceptors (Lipinski definition) is 5. The van der Waals surface area contributed by atoms with Crippen molar-refractivity contribution in [2.75, 3.05) is 31.6 Å². The lowest BCUT2D eigenvalue weighted by Gasteiger charge is -2.35. The molecule has 1 aliphatic heterocycles. The Balaban J connectivity index is 1.73. The Morgan fingerprint density at radius 2 is 2.00 bits per heavy atom. The van der Waals surface area contributed by atoms with E-state index >= 15 is 0 Å². The smallest absolute Gasteiger partial charge is 0.291 e. The number of thiophene rings is 1. The third-order valence-electron chi connectivity index (χ3n) is 5.02. The number of rotatable bonds is 6. The van der Waals surface area contributed by atoms with Crippen LogP contribution in [0.2, 0.25) is 5.02 Å². The summed E-state index contributed by atoms with van der Waals surface area (Å²) in [6.45, 7) is 5.18. The summed E-state index contributed by atoms with van der Waals surface area (Å²) in [5, 5.41) is 4.64. The number of nitrogens with zero attached hydrogens (tertiary/aromatic N) is 1. The molecule has 29 heavy (non-hydrogen) atoms. The Morgan fingerprint density at radius 3 is 2.66 bits per heavy atom. The maximum atomic E-state index is 12.7. The number of morpholine rings is 1. The van der Waals surface area contributed by atoms with Crippen LogP contribution >= 0.6 is 22.9 Å². The fourth-order valence-electron chi connectivity index (χ4n) is 3.57. The number of hydrogen-bond donors (Lipinski definition) is 1. The molecular formula is C22H23ClN2O3S. The molecule has 0 bridgehead atoms. The number of carbonyl (C=O) groups is 1. The fourth-order valence-corrected chi connectivity index (χ4v) is 4.72. The number of nitrogens with one attached hydrogen (secondary N) is 1. The number of halogens is 1. The first-order valence-corrected chi connectivity index (χ1v) is 10.9. The zero-order valence-electron chi connectivity index (χ0n) is 16.2. The van der Waals surface area contributed by atoms with Crippen LogP contribution in [0.1, 0.15) is 39.5 Å². The van der Waals surface area contributed by atoms with Crippen molar-refractivity contribution in [3.05, 3.63) is 75.5 Å². The number of furan rings is 1. The second-order valence-electron chi connectivity index (χ2n) is 6.88. The number of benzene rings is 1. The lowest BCUT2D eigenvalue weighted by molar-refractivity contribution is 0.0241. The van der Waals surface area contributed by atoms with Crippen LogP contribution in [0, 0.1) is 0 Å². The van der Waals surface area contributed by atoms with Crippen LogP contribution in [-0.4, -0.2) is 37.1 Å². The van der Waals surface area contributed by atoms with Crippen molar-refractivity contribution in [1.29, 1.82) is 0 Å². The SMILES string of the molecule is CCc1cc(C(c2ccc(Cl)cc2)N2CCOCC2)c(NC(=O)c2ccco2)s1. The second-order valence-corrected chi connectivity index (χ2v) is 8.46. The number of carbonyl (C=O) groups excluding carboxylic acids is 1. The summed E-state index contributed by atoms with van der Waals surface area (Å²) in [4.78, 5) is 16.3. The molecule has 5 nitrogen and oxygen atoms in total. The highest BCUT2D eigenvalue weighted by Gasteiger charge is 2.29. The predicted octanol–water partition coefficient (Wildman–Crippen LogP) is 5.23. The van der Waals surface area contributed by atoms with E-state index in [1.807, 2.05) is 12.1 Å². The largest absolute Gasteiger partial charge is 0.459 e. The highest BCUT2D eigenvalue weighted by Crippen LogP contribution is 2.40. The van der Waals surface area contributed by atoms with Crippen molar-refractivity contribution in [1.82, 2.24) is 4.90 Å². The van der Waals surface area contributed by atoms with Crippen molar-refractivity contribution in [2.24, 2.45) is 0 Å². The number of anilines is 1. The minimum atomic E-state index is -0.238. The van der Waals surface area contributed by atoms with Gasteiger partial charge in [-0.25, -0.2) is 0 Å². The number of amides is 1. The molecule has 7 heteroatoms. The van der Waals surface area contributed by atoms with Crippen molar-refractivity contribution < 1.29 is 13.9 Å². The van der Waals surface area contributed by atoms with E-state index < -0.39 is 0 Å². The van der Waals surface area contributed by atoms with Crippen LogP contribution in [0.15, 0.2) is 53.1 Å². The standard InChI is InChI=1S/C22H23ClN2O3S/c1-2-17-14-18(22(29-17)24-21(26)19-4-3-11-28-19)20(25-9-12-27-13-10-25)15-5-7-16(23)8-6-15/h3-8,11,14,20H,2,9-10,12-13H2,1H3,(H,24,26). The monoisotopic (exact) mass is 430 g/mol. The lowest BCUT2D eigenvalue weighted by Crippen LogP contribution is -2.39. The fraction of sp³-hybridized carbons (Fsp3) is 0.318. The second kappa shape index (κ2) is 9.13. The van der Waals surface area contributed by atoms with E-state index in [9.17, 15) is 4.79 Å². The predicted molar refractivity (Wildman–Crippen MR) is 116 cm³/mol. The molecule has 1 aliphatic rings. The zero-order chi connectivity index (χ0) is 20.2. The Morgan fingerprint density at radius 1 is 1.24 bits per heavy atom. The topological polar surface area (TPSA) is 54.7 Å².